The van der Waals surface area contributed by atoms with Gasteiger partial charge in [-0.1, -0.05) is 6.92 Å². The zero-order chi connectivity index (χ0) is 13.2. The van der Waals surface area contributed by atoms with Gasteiger partial charge in [0.1, 0.15) is 5.03 Å². The molecular formula is C13H21N3OS2. The number of thioether (sulfide) groups is 1. The molecule has 0 aliphatic carbocycles. The molecule has 6 heteroatoms. The van der Waals surface area contributed by atoms with E-state index in [2.05, 4.69) is 13.6 Å². The lowest BCUT2D eigenvalue weighted by Gasteiger charge is -2.44. The van der Waals surface area contributed by atoms with Crippen molar-refractivity contribution in [1.82, 2.24) is 13.6 Å². The number of hydrogen-bond acceptors (Lipinski definition) is 6. The van der Waals surface area contributed by atoms with Crippen LogP contribution in [0, 0.1) is 5.92 Å². The molecule has 3 aliphatic heterocycles. The van der Waals surface area contributed by atoms with E-state index in [9.17, 15) is 5.11 Å². The molecule has 1 N–H and O–H groups in total. The van der Waals surface area contributed by atoms with Crippen molar-refractivity contribution in [3.05, 3.63) is 5.69 Å². The van der Waals surface area contributed by atoms with Gasteiger partial charge in [0.25, 0.3) is 0 Å². The molecule has 2 atom stereocenters. The van der Waals surface area contributed by atoms with Gasteiger partial charge >= 0.3 is 0 Å². The van der Waals surface area contributed by atoms with Crippen LogP contribution >= 0.6 is 23.5 Å². The minimum atomic E-state index is -0.230. The largest absolute Gasteiger partial charge is 0.392 e. The Morgan fingerprint density at radius 1 is 1.42 bits per heavy atom. The lowest BCUT2D eigenvalue weighted by Crippen LogP contribution is -2.46. The number of piperidine rings is 3. The van der Waals surface area contributed by atoms with E-state index in [1.54, 1.807) is 11.8 Å². The number of aromatic nitrogens is 2. The van der Waals surface area contributed by atoms with E-state index in [0.29, 0.717) is 5.92 Å². The van der Waals surface area contributed by atoms with E-state index in [0.717, 1.165) is 29.7 Å². The molecule has 4 nitrogen and oxygen atoms in total. The molecule has 4 rings (SSSR count). The van der Waals surface area contributed by atoms with Crippen LogP contribution in [0.25, 0.3) is 0 Å². The summed E-state index contributed by atoms with van der Waals surface area (Å²) in [6, 6.07) is 0. The Morgan fingerprint density at radius 3 is 2.84 bits per heavy atom. The lowest BCUT2D eigenvalue weighted by molar-refractivity contribution is 0.0846. The fraction of sp³-hybridized carbons (Fsp3) is 0.846. The highest BCUT2D eigenvalue weighted by Crippen LogP contribution is 2.41. The first-order chi connectivity index (χ1) is 9.28. The molecule has 0 saturated carbocycles. The summed E-state index contributed by atoms with van der Waals surface area (Å²) in [7, 11) is 0. The Labute approximate surface area is 122 Å². The predicted octanol–water partition coefficient (Wildman–Crippen LogP) is 2.21. The highest BCUT2D eigenvalue weighted by Gasteiger charge is 2.37. The van der Waals surface area contributed by atoms with Crippen molar-refractivity contribution in [2.75, 3.05) is 25.4 Å². The van der Waals surface area contributed by atoms with E-state index in [4.69, 9.17) is 0 Å². The second-order valence-electron chi connectivity index (χ2n) is 5.57. The van der Waals surface area contributed by atoms with Crippen molar-refractivity contribution in [2.45, 2.75) is 43.2 Å². The summed E-state index contributed by atoms with van der Waals surface area (Å²) in [4.78, 5) is 2.55. The minimum Gasteiger partial charge on any atom is -0.392 e. The van der Waals surface area contributed by atoms with Gasteiger partial charge < -0.3 is 10.0 Å². The van der Waals surface area contributed by atoms with Crippen molar-refractivity contribution in [1.29, 1.82) is 0 Å². The van der Waals surface area contributed by atoms with Gasteiger partial charge in [0.15, 0.2) is 0 Å². The predicted molar refractivity (Wildman–Crippen MR) is 78.8 cm³/mol. The van der Waals surface area contributed by atoms with Gasteiger partial charge in [0, 0.05) is 18.2 Å². The number of fused-ring (bicyclic) bond motifs is 3. The minimum absolute atomic E-state index is 0.230. The maximum Gasteiger partial charge on any atom is 0.134 e. The molecule has 19 heavy (non-hydrogen) atoms. The smallest absolute Gasteiger partial charge is 0.134 e. The van der Waals surface area contributed by atoms with Crippen molar-refractivity contribution < 1.29 is 5.11 Å². The standard InChI is InChI=1S/C13H21N3OS2/c1-2-10(17)8-18-13-12(14-19-15-13)11-7-16-5-3-9(11)4-6-16/h9-11,17H,2-8H2,1H3. The maximum atomic E-state index is 9.69. The van der Waals surface area contributed by atoms with Crippen LogP contribution in [0.4, 0.5) is 0 Å². The number of hydrogen-bond donors (Lipinski definition) is 1. The fourth-order valence-electron chi connectivity index (χ4n) is 3.08. The Hall–Kier alpha value is -0.170. The van der Waals surface area contributed by atoms with Crippen LogP contribution in [-0.4, -0.2) is 50.2 Å². The van der Waals surface area contributed by atoms with Gasteiger partial charge in [-0.15, -0.1) is 11.8 Å². The molecule has 0 aromatic carbocycles. The van der Waals surface area contributed by atoms with E-state index in [-0.39, 0.29) is 6.10 Å². The van der Waals surface area contributed by atoms with Gasteiger partial charge in [-0.05, 0) is 38.3 Å². The third-order valence-electron chi connectivity index (χ3n) is 4.37. The van der Waals surface area contributed by atoms with E-state index in [1.807, 2.05) is 6.92 Å². The summed E-state index contributed by atoms with van der Waals surface area (Å²) < 4.78 is 9.01. The molecule has 3 aliphatic rings. The molecule has 0 amide bonds. The zero-order valence-corrected chi connectivity index (χ0v) is 12.9. The Balaban J connectivity index is 1.69. The summed E-state index contributed by atoms with van der Waals surface area (Å²) in [5.41, 5.74) is 1.20. The fourth-order valence-corrected chi connectivity index (χ4v) is 4.90. The average molecular weight is 299 g/mol. The first kappa shape index (κ1) is 13.8. The van der Waals surface area contributed by atoms with Crippen LogP contribution in [0.5, 0.6) is 0 Å². The van der Waals surface area contributed by atoms with E-state index >= 15 is 0 Å². The molecule has 3 saturated heterocycles. The first-order valence-corrected chi connectivity index (χ1v) is 8.85. The zero-order valence-electron chi connectivity index (χ0n) is 11.3. The molecule has 4 heterocycles. The van der Waals surface area contributed by atoms with E-state index < -0.39 is 0 Å². The summed E-state index contributed by atoms with van der Waals surface area (Å²) >= 11 is 3.00. The molecule has 2 unspecified atom stereocenters. The van der Waals surface area contributed by atoms with Crippen molar-refractivity contribution >= 4 is 23.5 Å². The Morgan fingerprint density at radius 2 is 2.21 bits per heavy atom. The summed E-state index contributed by atoms with van der Waals surface area (Å²) in [5.74, 6) is 2.10. The number of aliphatic hydroxyl groups excluding tert-OH is 1. The van der Waals surface area contributed by atoms with Gasteiger partial charge in [0.2, 0.25) is 0 Å². The molecule has 1 aromatic rings. The van der Waals surface area contributed by atoms with Crippen LogP contribution < -0.4 is 0 Å². The van der Waals surface area contributed by atoms with Crippen molar-refractivity contribution in [2.24, 2.45) is 5.92 Å². The molecule has 106 valence electrons. The van der Waals surface area contributed by atoms with Gasteiger partial charge in [-0.25, -0.2) is 0 Å². The topological polar surface area (TPSA) is 49.3 Å². The Bertz CT molecular complexity index is 418. The van der Waals surface area contributed by atoms with Gasteiger partial charge in [0.05, 0.1) is 23.5 Å². The molecule has 0 radical (unpaired) electrons. The molecule has 1 aromatic heterocycles. The third-order valence-corrected chi connectivity index (χ3v) is 6.16. The van der Waals surface area contributed by atoms with Crippen LogP contribution in [0.1, 0.15) is 37.8 Å². The second kappa shape index (κ2) is 6.08. The monoisotopic (exact) mass is 299 g/mol. The van der Waals surface area contributed by atoms with Crippen LogP contribution in [0.2, 0.25) is 0 Å². The second-order valence-corrected chi connectivity index (χ2v) is 7.11. The molecule has 2 bridgehead atoms. The first-order valence-electron chi connectivity index (χ1n) is 7.13. The summed E-state index contributed by atoms with van der Waals surface area (Å²) in [6.07, 6.45) is 3.19. The lowest BCUT2D eigenvalue weighted by atomic mass is 9.78. The summed E-state index contributed by atoms with van der Waals surface area (Å²) in [5, 5.41) is 10.8. The van der Waals surface area contributed by atoms with Gasteiger partial charge in [-0.3, -0.25) is 0 Å². The van der Waals surface area contributed by atoms with Crippen LogP contribution in [-0.2, 0) is 0 Å². The molecule has 0 spiro atoms. The molecular weight excluding hydrogens is 278 g/mol. The quantitative estimate of drug-likeness (QED) is 0.845. The summed E-state index contributed by atoms with van der Waals surface area (Å²) in [6.45, 7) is 5.68. The highest BCUT2D eigenvalue weighted by molar-refractivity contribution is 7.99. The third kappa shape index (κ3) is 2.96. The maximum absolute atomic E-state index is 9.69. The number of aliphatic hydroxyl groups is 1. The number of nitrogens with zero attached hydrogens (tertiary/aromatic N) is 3. The van der Waals surface area contributed by atoms with Crippen LogP contribution in [0.3, 0.4) is 0 Å². The average Bonchev–Trinajstić information content (AvgIpc) is 2.94. The van der Waals surface area contributed by atoms with Gasteiger partial charge in [-0.2, -0.15) is 8.75 Å². The number of rotatable bonds is 5. The highest BCUT2D eigenvalue weighted by atomic mass is 32.2. The van der Waals surface area contributed by atoms with Crippen molar-refractivity contribution in [3.63, 3.8) is 0 Å². The Kier molecular flexibility index (Phi) is 4.41. The molecule has 3 fully saturated rings. The SMILES string of the molecule is CCC(O)CSc1nsnc1C1CN2CCC1CC2. The van der Waals surface area contributed by atoms with Crippen molar-refractivity contribution in [3.8, 4) is 0 Å². The van der Waals surface area contributed by atoms with E-state index in [1.165, 1.54) is 43.4 Å². The van der Waals surface area contributed by atoms with Crippen LogP contribution in [0.15, 0.2) is 5.03 Å². The normalized spacial score (nSPS) is 31.6.